The lowest BCUT2D eigenvalue weighted by atomic mass is 10.1. The predicted octanol–water partition coefficient (Wildman–Crippen LogP) is 1.71. The fourth-order valence-electron chi connectivity index (χ4n) is 2.51. The van der Waals surface area contributed by atoms with E-state index < -0.39 is 0 Å². The average molecular weight is 360 g/mol. The minimum Gasteiger partial charge on any atom is -0.339 e. The standard InChI is InChI=1S/C16H22ClN3O2.ClH/c17-14-5-3-13(4-6-14)12-16(22)20-10-8-19(9-11-20)15(21)2-1-7-18;/h3-6H,1-2,7-12,18H2;1H. The van der Waals surface area contributed by atoms with E-state index in [0.29, 0.717) is 57.0 Å². The van der Waals surface area contributed by atoms with Crippen molar-refractivity contribution in [1.82, 2.24) is 9.80 Å². The largest absolute Gasteiger partial charge is 0.339 e. The van der Waals surface area contributed by atoms with Crippen LogP contribution in [-0.4, -0.2) is 54.3 Å². The Labute approximate surface area is 148 Å². The second-order valence-electron chi connectivity index (χ2n) is 5.46. The van der Waals surface area contributed by atoms with E-state index in [1.165, 1.54) is 0 Å². The summed E-state index contributed by atoms with van der Waals surface area (Å²) < 4.78 is 0. The number of hydrogen-bond acceptors (Lipinski definition) is 3. The van der Waals surface area contributed by atoms with E-state index in [1.54, 1.807) is 12.1 Å². The van der Waals surface area contributed by atoms with Crippen molar-refractivity contribution in [2.75, 3.05) is 32.7 Å². The maximum atomic E-state index is 12.3. The Balaban J connectivity index is 0.00000264. The van der Waals surface area contributed by atoms with Gasteiger partial charge < -0.3 is 15.5 Å². The van der Waals surface area contributed by atoms with Crippen LogP contribution in [0.1, 0.15) is 18.4 Å². The first-order valence-corrected chi connectivity index (χ1v) is 7.98. The topological polar surface area (TPSA) is 66.6 Å². The van der Waals surface area contributed by atoms with E-state index in [-0.39, 0.29) is 24.2 Å². The molecule has 1 heterocycles. The van der Waals surface area contributed by atoms with E-state index in [4.69, 9.17) is 17.3 Å². The number of amides is 2. The molecule has 0 atom stereocenters. The Kier molecular flexibility index (Phi) is 8.37. The highest BCUT2D eigenvalue weighted by molar-refractivity contribution is 6.30. The van der Waals surface area contributed by atoms with Crippen LogP contribution in [0, 0.1) is 0 Å². The maximum absolute atomic E-state index is 12.3. The van der Waals surface area contributed by atoms with Crippen LogP contribution in [0.3, 0.4) is 0 Å². The van der Waals surface area contributed by atoms with Crippen molar-refractivity contribution in [3.05, 3.63) is 34.9 Å². The molecule has 128 valence electrons. The number of nitrogens with two attached hydrogens (primary N) is 1. The lowest BCUT2D eigenvalue weighted by Crippen LogP contribution is -2.51. The third-order valence-electron chi connectivity index (χ3n) is 3.85. The fourth-order valence-corrected chi connectivity index (χ4v) is 2.63. The number of nitrogens with zero attached hydrogens (tertiary/aromatic N) is 2. The van der Waals surface area contributed by atoms with Crippen molar-refractivity contribution >= 4 is 35.8 Å². The quantitative estimate of drug-likeness (QED) is 0.870. The van der Waals surface area contributed by atoms with Gasteiger partial charge in [0.25, 0.3) is 0 Å². The Bertz CT molecular complexity index is 515. The zero-order valence-electron chi connectivity index (χ0n) is 13.0. The molecule has 2 N–H and O–H groups in total. The molecule has 0 saturated carbocycles. The predicted molar refractivity (Wildman–Crippen MR) is 93.9 cm³/mol. The first-order chi connectivity index (χ1) is 10.6. The Morgan fingerprint density at radius 1 is 1.00 bits per heavy atom. The van der Waals surface area contributed by atoms with Crippen LogP contribution >= 0.6 is 24.0 Å². The van der Waals surface area contributed by atoms with Crippen LogP contribution in [0.4, 0.5) is 0 Å². The maximum Gasteiger partial charge on any atom is 0.227 e. The molecule has 0 spiro atoms. The van der Waals surface area contributed by atoms with Crippen LogP contribution in [0.2, 0.25) is 5.02 Å². The van der Waals surface area contributed by atoms with Gasteiger partial charge in [0.1, 0.15) is 0 Å². The first kappa shape index (κ1) is 19.7. The molecule has 0 aromatic heterocycles. The summed E-state index contributed by atoms with van der Waals surface area (Å²) in [6.07, 6.45) is 1.59. The second kappa shape index (κ2) is 9.75. The Morgan fingerprint density at radius 2 is 1.52 bits per heavy atom. The summed E-state index contributed by atoms with van der Waals surface area (Å²) in [6, 6.07) is 7.32. The molecule has 2 rings (SSSR count). The third kappa shape index (κ3) is 6.01. The highest BCUT2D eigenvalue weighted by Crippen LogP contribution is 2.12. The highest BCUT2D eigenvalue weighted by atomic mass is 35.5. The SMILES string of the molecule is Cl.NCCCC(=O)N1CCN(C(=O)Cc2ccc(Cl)cc2)CC1. The monoisotopic (exact) mass is 359 g/mol. The number of benzene rings is 1. The number of hydrogen-bond donors (Lipinski definition) is 1. The number of piperazine rings is 1. The van der Waals surface area contributed by atoms with Gasteiger partial charge in [-0.3, -0.25) is 9.59 Å². The summed E-state index contributed by atoms with van der Waals surface area (Å²) in [6.45, 7) is 2.94. The third-order valence-corrected chi connectivity index (χ3v) is 4.10. The van der Waals surface area contributed by atoms with Crippen molar-refractivity contribution in [1.29, 1.82) is 0 Å². The van der Waals surface area contributed by atoms with Crippen LogP contribution in [0.15, 0.2) is 24.3 Å². The molecule has 1 saturated heterocycles. The van der Waals surface area contributed by atoms with Crippen molar-refractivity contribution in [3.63, 3.8) is 0 Å². The summed E-state index contributed by atoms with van der Waals surface area (Å²) in [4.78, 5) is 27.8. The molecule has 0 aliphatic carbocycles. The number of halogens is 2. The molecule has 2 amide bonds. The smallest absolute Gasteiger partial charge is 0.227 e. The van der Waals surface area contributed by atoms with Gasteiger partial charge in [0.2, 0.25) is 11.8 Å². The van der Waals surface area contributed by atoms with Gasteiger partial charge in [-0.15, -0.1) is 12.4 Å². The molecule has 1 aliphatic rings. The fraction of sp³-hybridized carbons (Fsp3) is 0.500. The zero-order valence-corrected chi connectivity index (χ0v) is 14.6. The first-order valence-electron chi connectivity index (χ1n) is 7.60. The Hall–Kier alpha value is -1.30. The van der Waals surface area contributed by atoms with Gasteiger partial charge in [-0.2, -0.15) is 0 Å². The van der Waals surface area contributed by atoms with Crippen molar-refractivity contribution < 1.29 is 9.59 Å². The second-order valence-corrected chi connectivity index (χ2v) is 5.89. The van der Waals surface area contributed by atoms with Gasteiger partial charge in [0.05, 0.1) is 6.42 Å². The zero-order chi connectivity index (χ0) is 15.9. The molecule has 1 aromatic rings. The molecule has 0 unspecified atom stereocenters. The van der Waals surface area contributed by atoms with Gasteiger partial charge in [-0.25, -0.2) is 0 Å². The molecule has 5 nitrogen and oxygen atoms in total. The van der Waals surface area contributed by atoms with Crippen molar-refractivity contribution in [3.8, 4) is 0 Å². The van der Waals surface area contributed by atoms with Crippen LogP contribution < -0.4 is 5.73 Å². The lowest BCUT2D eigenvalue weighted by Gasteiger charge is -2.35. The number of carbonyl (C=O) groups excluding carboxylic acids is 2. The van der Waals surface area contributed by atoms with Crippen LogP contribution in [0.25, 0.3) is 0 Å². The van der Waals surface area contributed by atoms with Gasteiger partial charge in [0, 0.05) is 37.6 Å². The molecular formula is C16H23Cl2N3O2. The normalized spacial score (nSPS) is 14.3. The average Bonchev–Trinajstić information content (AvgIpc) is 2.55. The van der Waals surface area contributed by atoms with Gasteiger partial charge in [-0.1, -0.05) is 23.7 Å². The molecule has 7 heteroatoms. The van der Waals surface area contributed by atoms with Gasteiger partial charge in [0.15, 0.2) is 0 Å². The summed E-state index contributed by atoms with van der Waals surface area (Å²) in [5, 5.41) is 0.667. The molecule has 1 aromatic carbocycles. The molecule has 23 heavy (non-hydrogen) atoms. The van der Waals surface area contributed by atoms with Crippen LogP contribution in [-0.2, 0) is 16.0 Å². The summed E-state index contributed by atoms with van der Waals surface area (Å²) in [5.74, 6) is 0.228. The lowest BCUT2D eigenvalue weighted by molar-refractivity contribution is -0.139. The van der Waals surface area contributed by atoms with Crippen molar-refractivity contribution in [2.24, 2.45) is 5.73 Å². The summed E-state index contributed by atoms with van der Waals surface area (Å²) in [5.41, 5.74) is 6.37. The molecule has 1 aliphatic heterocycles. The molecule has 1 fully saturated rings. The number of carbonyl (C=O) groups is 2. The molecule has 0 bridgehead atoms. The summed E-state index contributed by atoms with van der Waals surface area (Å²) >= 11 is 5.84. The van der Waals surface area contributed by atoms with E-state index in [2.05, 4.69) is 0 Å². The highest BCUT2D eigenvalue weighted by Gasteiger charge is 2.23. The summed E-state index contributed by atoms with van der Waals surface area (Å²) in [7, 11) is 0. The molecular weight excluding hydrogens is 337 g/mol. The Morgan fingerprint density at radius 3 is 2.04 bits per heavy atom. The minimum absolute atomic E-state index is 0. The van der Waals surface area contributed by atoms with Crippen LogP contribution in [0.5, 0.6) is 0 Å². The van der Waals surface area contributed by atoms with E-state index in [0.717, 1.165) is 5.56 Å². The minimum atomic E-state index is 0. The van der Waals surface area contributed by atoms with E-state index >= 15 is 0 Å². The van der Waals surface area contributed by atoms with E-state index in [1.807, 2.05) is 21.9 Å². The molecule has 0 radical (unpaired) electrons. The van der Waals surface area contributed by atoms with Crippen molar-refractivity contribution in [2.45, 2.75) is 19.3 Å². The number of rotatable bonds is 5. The van der Waals surface area contributed by atoms with Gasteiger partial charge >= 0.3 is 0 Å². The van der Waals surface area contributed by atoms with E-state index in [9.17, 15) is 9.59 Å². The van der Waals surface area contributed by atoms with Gasteiger partial charge in [-0.05, 0) is 30.7 Å².